The number of carbonyl (C=O) groups excluding carboxylic acids is 1. The molecule has 1 atom stereocenters. The molecular weight excluding hydrogens is 452 g/mol. The topological polar surface area (TPSA) is 87.4 Å². The Bertz CT molecular complexity index is 1400. The minimum atomic E-state index is -0.987. The van der Waals surface area contributed by atoms with Crippen LogP contribution in [-0.2, 0) is 17.8 Å². The lowest BCUT2D eigenvalue weighted by molar-refractivity contribution is -0.133. The predicted molar refractivity (Wildman–Crippen MR) is 142 cm³/mol. The summed E-state index contributed by atoms with van der Waals surface area (Å²) >= 11 is 0. The smallest absolute Gasteiger partial charge is 0.222 e. The van der Waals surface area contributed by atoms with E-state index < -0.39 is 5.60 Å². The molecule has 1 N–H and O–H groups in total. The molecule has 1 aliphatic rings. The fraction of sp³-hybridized carbons (Fsp3) is 0.429. The molecule has 1 fully saturated rings. The van der Waals surface area contributed by atoms with Crippen molar-refractivity contribution in [2.45, 2.75) is 51.7 Å². The molecule has 8 heteroatoms. The Balaban J connectivity index is 1.26. The lowest BCUT2D eigenvalue weighted by atomic mass is 9.91. The number of aryl methyl sites for hydroxylation is 3. The Morgan fingerprint density at radius 2 is 1.97 bits per heavy atom. The first-order chi connectivity index (χ1) is 17.4. The Morgan fingerprint density at radius 3 is 2.81 bits per heavy atom. The molecule has 4 heterocycles. The zero-order chi connectivity index (χ0) is 25.3. The minimum absolute atomic E-state index is 0.0157. The van der Waals surface area contributed by atoms with E-state index in [4.69, 9.17) is 9.97 Å². The van der Waals surface area contributed by atoms with E-state index in [1.54, 1.807) is 18.1 Å². The van der Waals surface area contributed by atoms with Crippen molar-refractivity contribution in [1.29, 1.82) is 0 Å². The van der Waals surface area contributed by atoms with E-state index in [0.717, 1.165) is 58.8 Å². The quantitative estimate of drug-likeness (QED) is 0.428. The maximum atomic E-state index is 13.1. The maximum Gasteiger partial charge on any atom is 0.222 e. The zero-order valence-electron chi connectivity index (χ0n) is 21.3. The summed E-state index contributed by atoms with van der Waals surface area (Å²) in [6.07, 6.45) is 4.22. The summed E-state index contributed by atoms with van der Waals surface area (Å²) < 4.78 is 2.17. The lowest BCUT2D eigenvalue weighted by Crippen LogP contribution is -2.54. The normalized spacial score (nSPS) is 18.2. The van der Waals surface area contributed by atoms with Gasteiger partial charge in [-0.1, -0.05) is 12.1 Å². The Morgan fingerprint density at radius 1 is 1.14 bits per heavy atom. The molecule has 8 nitrogen and oxygen atoms in total. The fourth-order valence-corrected chi connectivity index (χ4v) is 5.42. The molecule has 36 heavy (non-hydrogen) atoms. The number of rotatable bonds is 7. The molecule has 0 saturated carbocycles. The third kappa shape index (κ3) is 4.78. The van der Waals surface area contributed by atoms with Gasteiger partial charge in [-0.3, -0.25) is 9.78 Å². The van der Waals surface area contributed by atoms with Gasteiger partial charge >= 0.3 is 0 Å². The number of aliphatic hydroxyl groups is 1. The van der Waals surface area contributed by atoms with Gasteiger partial charge in [0.2, 0.25) is 5.91 Å². The number of pyridine rings is 2. The predicted octanol–water partition coefficient (Wildman–Crippen LogP) is 3.73. The second-order valence-electron chi connectivity index (χ2n) is 9.91. The monoisotopic (exact) mass is 486 g/mol. The van der Waals surface area contributed by atoms with Crippen LogP contribution in [0.15, 0.2) is 48.7 Å². The van der Waals surface area contributed by atoms with Gasteiger partial charge in [0.25, 0.3) is 0 Å². The van der Waals surface area contributed by atoms with Gasteiger partial charge in [-0.15, -0.1) is 0 Å². The zero-order valence-corrected chi connectivity index (χ0v) is 21.3. The molecular formula is C28H34N6O2. The number of fused-ring (bicyclic) bond motifs is 2. The lowest BCUT2D eigenvalue weighted by Gasteiger charge is -2.42. The molecule has 1 amide bonds. The number of carbonyl (C=O) groups is 1. The molecule has 188 valence electrons. The number of benzene rings is 1. The van der Waals surface area contributed by atoms with E-state index in [1.807, 2.05) is 43.3 Å². The second-order valence-corrected chi connectivity index (χ2v) is 9.91. The van der Waals surface area contributed by atoms with Crippen molar-refractivity contribution in [2.75, 3.05) is 31.6 Å². The second kappa shape index (κ2) is 9.85. The van der Waals surface area contributed by atoms with Crippen molar-refractivity contribution in [3.8, 4) is 0 Å². The molecule has 4 aromatic rings. The molecule has 0 bridgehead atoms. The van der Waals surface area contributed by atoms with Crippen molar-refractivity contribution >= 4 is 33.7 Å². The number of amides is 1. The molecule has 5 rings (SSSR count). The van der Waals surface area contributed by atoms with Gasteiger partial charge in [0, 0.05) is 51.4 Å². The van der Waals surface area contributed by atoms with Crippen LogP contribution < -0.4 is 4.90 Å². The number of para-hydroxylation sites is 2. The summed E-state index contributed by atoms with van der Waals surface area (Å²) in [5, 5.41) is 11.5. The number of likely N-dealkylation sites (N-methyl/N-ethyl adjacent to an activating group) is 1. The summed E-state index contributed by atoms with van der Waals surface area (Å²) in [6, 6.07) is 14.0. The third-order valence-electron chi connectivity index (χ3n) is 7.17. The largest absolute Gasteiger partial charge is 0.386 e. The maximum absolute atomic E-state index is 13.1. The van der Waals surface area contributed by atoms with Gasteiger partial charge in [-0.25, -0.2) is 9.97 Å². The number of hydrogen-bond donors (Lipinski definition) is 1. The molecule has 1 aromatic carbocycles. The van der Waals surface area contributed by atoms with Crippen LogP contribution in [0.4, 0.5) is 5.69 Å². The van der Waals surface area contributed by atoms with Crippen LogP contribution in [0.25, 0.3) is 22.1 Å². The molecule has 1 saturated heterocycles. The van der Waals surface area contributed by atoms with Crippen molar-refractivity contribution in [2.24, 2.45) is 0 Å². The molecule has 3 aromatic heterocycles. The van der Waals surface area contributed by atoms with Crippen LogP contribution >= 0.6 is 0 Å². The average molecular weight is 487 g/mol. The number of piperidine rings is 1. The summed E-state index contributed by atoms with van der Waals surface area (Å²) in [7, 11) is 1.79. The van der Waals surface area contributed by atoms with E-state index >= 15 is 0 Å². The number of β-amino-alcohol motifs (C(OH)–C–C–N with tert-alkyl or cyclic N) is 1. The molecule has 0 radical (unpaired) electrons. The van der Waals surface area contributed by atoms with Gasteiger partial charge in [0.05, 0.1) is 34.4 Å². The molecule has 1 unspecified atom stereocenters. The van der Waals surface area contributed by atoms with Crippen LogP contribution in [0.1, 0.15) is 37.7 Å². The Hall–Kier alpha value is -3.52. The summed E-state index contributed by atoms with van der Waals surface area (Å²) in [5.74, 6) is 0.942. The number of aromatic nitrogens is 4. The van der Waals surface area contributed by atoms with Gasteiger partial charge in [-0.05, 0) is 57.0 Å². The molecule has 0 aliphatic carbocycles. The van der Waals surface area contributed by atoms with E-state index in [-0.39, 0.29) is 5.91 Å². The van der Waals surface area contributed by atoms with Crippen LogP contribution in [0, 0.1) is 6.92 Å². The average Bonchev–Trinajstić information content (AvgIpc) is 3.24. The first-order valence-electron chi connectivity index (χ1n) is 12.7. The van der Waals surface area contributed by atoms with Crippen LogP contribution in [0.2, 0.25) is 0 Å². The first kappa shape index (κ1) is 24.2. The standard InChI is InChI=1S/C28H34N6O2/c1-4-34-23-9-6-5-8-21(23)31-25(34)12-13-26(35)32(3)18-28(36)15-7-17-33(19-28)24-14-16-29-22-11-10-20(2)30-27(22)24/h5-6,8-11,14,16,36H,4,7,12-13,15,17-19H2,1-3H3. The molecule has 0 spiro atoms. The van der Waals surface area contributed by atoms with Gasteiger partial charge in [0.1, 0.15) is 11.3 Å². The summed E-state index contributed by atoms with van der Waals surface area (Å²) in [5.41, 5.74) is 4.68. The fourth-order valence-electron chi connectivity index (χ4n) is 5.42. The summed E-state index contributed by atoms with van der Waals surface area (Å²) in [6.45, 7) is 6.46. The van der Waals surface area contributed by atoms with E-state index in [2.05, 4.69) is 27.4 Å². The number of anilines is 1. The van der Waals surface area contributed by atoms with Crippen molar-refractivity contribution < 1.29 is 9.90 Å². The van der Waals surface area contributed by atoms with Gasteiger partial charge in [-0.2, -0.15) is 0 Å². The van der Waals surface area contributed by atoms with E-state index in [9.17, 15) is 9.90 Å². The van der Waals surface area contributed by atoms with Gasteiger partial charge in [0.15, 0.2) is 0 Å². The first-order valence-corrected chi connectivity index (χ1v) is 12.7. The summed E-state index contributed by atoms with van der Waals surface area (Å²) in [4.78, 5) is 30.8. The van der Waals surface area contributed by atoms with Crippen LogP contribution in [0.5, 0.6) is 0 Å². The third-order valence-corrected chi connectivity index (χ3v) is 7.17. The van der Waals surface area contributed by atoms with Crippen LogP contribution in [0.3, 0.4) is 0 Å². The number of imidazole rings is 1. The molecule has 1 aliphatic heterocycles. The Kier molecular flexibility index (Phi) is 6.62. The van der Waals surface area contributed by atoms with Crippen molar-refractivity contribution in [3.05, 3.63) is 60.2 Å². The highest BCUT2D eigenvalue weighted by molar-refractivity contribution is 5.88. The minimum Gasteiger partial charge on any atom is -0.386 e. The van der Waals surface area contributed by atoms with E-state index in [1.165, 1.54) is 0 Å². The highest BCUT2D eigenvalue weighted by atomic mass is 16.3. The van der Waals surface area contributed by atoms with Crippen LogP contribution in [-0.4, -0.2) is 67.7 Å². The van der Waals surface area contributed by atoms with E-state index in [0.29, 0.717) is 32.4 Å². The highest BCUT2D eigenvalue weighted by Crippen LogP contribution is 2.30. The van der Waals surface area contributed by atoms with Crippen molar-refractivity contribution in [1.82, 2.24) is 24.4 Å². The number of hydrogen-bond acceptors (Lipinski definition) is 6. The Labute approximate surface area is 211 Å². The SMILES string of the molecule is CCn1c(CCC(=O)N(C)CC2(O)CCCN(c3ccnc4ccc(C)nc34)C2)nc2ccccc21. The van der Waals surface area contributed by atoms with Crippen molar-refractivity contribution in [3.63, 3.8) is 0 Å². The van der Waals surface area contributed by atoms with Gasteiger partial charge < -0.3 is 19.5 Å². The highest BCUT2D eigenvalue weighted by Gasteiger charge is 2.36. The number of nitrogens with zero attached hydrogens (tertiary/aromatic N) is 6.